The highest BCUT2D eigenvalue weighted by molar-refractivity contribution is 7.88. The van der Waals surface area contributed by atoms with E-state index in [2.05, 4.69) is 4.72 Å². The lowest BCUT2D eigenvalue weighted by atomic mass is 10.1. The van der Waals surface area contributed by atoms with E-state index < -0.39 is 16.0 Å². The van der Waals surface area contributed by atoms with Crippen LogP contribution in [-0.4, -0.2) is 55.7 Å². The highest BCUT2D eigenvalue weighted by Crippen LogP contribution is 2.12. The van der Waals surface area contributed by atoms with E-state index in [1.807, 2.05) is 0 Å². The van der Waals surface area contributed by atoms with Crippen LogP contribution in [0.25, 0.3) is 6.08 Å². The van der Waals surface area contributed by atoms with E-state index in [1.165, 1.54) is 18.2 Å². The highest BCUT2D eigenvalue weighted by atomic mass is 32.2. The molecule has 1 saturated heterocycles. The van der Waals surface area contributed by atoms with E-state index in [9.17, 15) is 18.0 Å². The molecule has 1 aliphatic rings. The number of benzene rings is 1. The number of likely N-dealkylation sites (tertiary alicyclic amines) is 1. The summed E-state index contributed by atoms with van der Waals surface area (Å²) in [6, 6.07) is 5.91. The number of amides is 1. The first-order valence-electron chi connectivity index (χ1n) is 7.02. The van der Waals surface area contributed by atoms with Crippen molar-refractivity contribution in [3.63, 3.8) is 0 Å². The molecule has 2 N–H and O–H groups in total. The van der Waals surface area contributed by atoms with Crippen LogP contribution in [0, 0.1) is 0 Å². The lowest BCUT2D eigenvalue weighted by Crippen LogP contribution is -2.37. The van der Waals surface area contributed by atoms with Gasteiger partial charge in [0.25, 0.3) is 0 Å². The normalized spacial score (nSPS) is 18.5. The van der Waals surface area contributed by atoms with Crippen molar-refractivity contribution >= 4 is 28.0 Å². The Balaban J connectivity index is 1.93. The predicted octanol–water partition coefficient (Wildman–Crippen LogP) is 0.548. The van der Waals surface area contributed by atoms with E-state index in [-0.39, 0.29) is 17.5 Å². The molecule has 1 fully saturated rings. The largest absolute Gasteiger partial charge is 0.478 e. The number of carboxylic acid groups (broad SMARTS) is 1. The number of sulfonamides is 1. The van der Waals surface area contributed by atoms with Crippen LogP contribution < -0.4 is 4.72 Å². The summed E-state index contributed by atoms with van der Waals surface area (Å²) in [5, 5.41) is 8.82. The Morgan fingerprint density at radius 2 is 1.96 bits per heavy atom. The maximum Gasteiger partial charge on any atom is 0.335 e. The highest BCUT2D eigenvalue weighted by Gasteiger charge is 2.26. The van der Waals surface area contributed by atoms with E-state index in [1.54, 1.807) is 23.1 Å². The van der Waals surface area contributed by atoms with Crippen molar-refractivity contribution in [1.29, 1.82) is 0 Å². The Labute approximate surface area is 134 Å². The number of nitrogens with zero attached hydrogens (tertiary/aromatic N) is 1. The zero-order valence-electron chi connectivity index (χ0n) is 12.6. The Bertz CT molecular complexity index is 725. The number of nitrogens with one attached hydrogen (secondary N) is 1. The molecule has 1 atom stereocenters. The first-order valence-corrected chi connectivity index (χ1v) is 8.91. The van der Waals surface area contributed by atoms with Gasteiger partial charge in [-0.3, -0.25) is 4.79 Å². The van der Waals surface area contributed by atoms with Gasteiger partial charge in [0.1, 0.15) is 0 Å². The molecule has 0 aliphatic carbocycles. The number of carbonyl (C=O) groups excluding carboxylic acids is 1. The number of carbonyl (C=O) groups is 2. The van der Waals surface area contributed by atoms with Gasteiger partial charge < -0.3 is 10.0 Å². The Kier molecular flexibility index (Phi) is 5.17. The molecule has 8 heteroatoms. The summed E-state index contributed by atoms with van der Waals surface area (Å²) in [4.78, 5) is 24.4. The maximum atomic E-state index is 12.1. The first-order chi connectivity index (χ1) is 10.7. The van der Waals surface area contributed by atoms with E-state index in [0.29, 0.717) is 25.1 Å². The fourth-order valence-electron chi connectivity index (χ4n) is 2.37. The Morgan fingerprint density at radius 1 is 1.30 bits per heavy atom. The molecule has 0 radical (unpaired) electrons. The molecule has 1 heterocycles. The lowest BCUT2D eigenvalue weighted by molar-refractivity contribution is -0.125. The first kappa shape index (κ1) is 17.2. The second kappa shape index (κ2) is 6.93. The van der Waals surface area contributed by atoms with Crippen molar-refractivity contribution in [1.82, 2.24) is 9.62 Å². The molecule has 0 saturated carbocycles. The zero-order valence-corrected chi connectivity index (χ0v) is 13.4. The molecule has 0 aromatic heterocycles. The minimum atomic E-state index is -3.28. The van der Waals surface area contributed by atoms with Crippen LogP contribution in [0.1, 0.15) is 22.3 Å². The van der Waals surface area contributed by atoms with E-state index in [0.717, 1.165) is 6.26 Å². The average Bonchev–Trinajstić information content (AvgIpc) is 2.91. The second-order valence-corrected chi connectivity index (χ2v) is 7.20. The van der Waals surface area contributed by atoms with Crippen molar-refractivity contribution in [2.24, 2.45) is 0 Å². The molecule has 0 spiro atoms. The summed E-state index contributed by atoms with van der Waals surface area (Å²) < 4.78 is 24.9. The van der Waals surface area contributed by atoms with Crippen molar-refractivity contribution in [3.05, 3.63) is 41.5 Å². The molecular formula is C15H18N2O5S. The van der Waals surface area contributed by atoms with Gasteiger partial charge in [-0.1, -0.05) is 12.1 Å². The van der Waals surface area contributed by atoms with Crippen molar-refractivity contribution < 1.29 is 23.1 Å². The molecule has 2 rings (SSSR count). The summed E-state index contributed by atoms with van der Waals surface area (Å²) in [6.07, 6.45) is 4.68. The molecular weight excluding hydrogens is 320 g/mol. The number of hydrogen-bond donors (Lipinski definition) is 2. The molecule has 7 nitrogen and oxygen atoms in total. The van der Waals surface area contributed by atoms with Crippen LogP contribution >= 0.6 is 0 Å². The SMILES string of the molecule is CS(=O)(=O)NC1CCN(C(=O)C=Cc2ccc(C(=O)O)cc2)C1. The van der Waals surface area contributed by atoms with Crippen LogP contribution in [0.5, 0.6) is 0 Å². The third-order valence-corrected chi connectivity index (χ3v) is 4.22. The number of aromatic carboxylic acids is 1. The lowest BCUT2D eigenvalue weighted by Gasteiger charge is -2.14. The molecule has 1 aromatic rings. The molecule has 23 heavy (non-hydrogen) atoms. The van der Waals surface area contributed by atoms with Gasteiger partial charge >= 0.3 is 5.97 Å². The third-order valence-electron chi connectivity index (χ3n) is 3.46. The standard InChI is InChI=1S/C15H18N2O5S/c1-23(21,22)16-13-8-9-17(10-13)14(18)7-4-11-2-5-12(6-3-11)15(19)20/h2-7,13,16H,8-10H2,1H3,(H,19,20). The second-order valence-electron chi connectivity index (χ2n) is 5.42. The van der Waals surface area contributed by atoms with Crippen molar-refractivity contribution in [2.75, 3.05) is 19.3 Å². The predicted molar refractivity (Wildman–Crippen MR) is 85.4 cm³/mol. The molecule has 1 aliphatic heterocycles. The Hall–Kier alpha value is -2.19. The molecule has 0 bridgehead atoms. The van der Waals surface area contributed by atoms with Gasteiger partial charge in [0.05, 0.1) is 11.8 Å². The average molecular weight is 338 g/mol. The van der Waals surface area contributed by atoms with Crippen LogP contribution in [0.3, 0.4) is 0 Å². The van der Waals surface area contributed by atoms with Gasteiger partial charge in [-0.25, -0.2) is 17.9 Å². The van der Waals surface area contributed by atoms with Crippen LogP contribution in [0.4, 0.5) is 0 Å². The van der Waals surface area contributed by atoms with Crippen LogP contribution in [0.2, 0.25) is 0 Å². The summed E-state index contributed by atoms with van der Waals surface area (Å²) in [7, 11) is -3.28. The van der Waals surface area contributed by atoms with Crippen LogP contribution in [0.15, 0.2) is 30.3 Å². The van der Waals surface area contributed by atoms with Gasteiger partial charge in [0.15, 0.2) is 0 Å². The summed E-state index contributed by atoms with van der Waals surface area (Å²) in [6.45, 7) is 0.836. The minimum Gasteiger partial charge on any atom is -0.478 e. The summed E-state index contributed by atoms with van der Waals surface area (Å²) in [5.74, 6) is -1.21. The van der Waals surface area contributed by atoms with Crippen molar-refractivity contribution in [2.45, 2.75) is 12.5 Å². The fourth-order valence-corrected chi connectivity index (χ4v) is 3.17. The van der Waals surface area contributed by atoms with Gasteiger partial charge in [-0.05, 0) is 30.2 Å². The molecule has 1 aromatic carbocycles. The number of carboxylic acids is 1. The topological polar surface area (TPSA) is 104 Å². The van der Waals surface area contributed by atoms with Gasteiger partial charge in [-0.2, -0.15) is 0 Å². The molecule has 1 unspecified atom stereocenters. The monoisotopic (exact) mass is 338 g/mol. The van der Waals surface area contributed by atoms with E-state index in [4.69, 9.17) is 5.11 Å². The fraction of sp³-hybridized carbons (Fsp3) is 0.333. The minimum absolute atomic E-state index is 0.183. The van der Waals surface area contributed by atoms with Crippen LogP contribution in [-0.2, 0) is 14.8 Å². The zero-order chi connectivity index (χ0) is 17.0. The quantitative estimate of drug-likeness (QED) is 0.763. The molecule has 124 valence electrons. The van der Waals surface area contributed by atoms with Crippen molar-refractivity contribution in [3.8, 4) is 0 Å². The molecule has 1 amide bonds. The van der Waals surface area contributed by atoms with Gasteiger partial charge in [0.2, 0.25) is 15.9 Å². The smallest absolute Gasteiger partial charge is 0.335 e. The van der Waals surface area contributed by atoms with Gasteiger partial charge in [0, 0.05) is 25.2 Å². The van der Waals surface area contributed by atoms with E-state index >= 15 is 0 Å². The maximum absolute atomic E-state index is 12.1. The third kappa shape index (κ3) is 5.19. The summed E-state index contributed by atoms with van der Waals surface area (Å²) >= 11 is 0. The summed E-state index contributed by atoms with van der Waals surface area (Å²) in [5.41, 5.74) is 0.899. The number of rotatable bonds is 5. The van der Waals surface area contributed by atoms with Gasteiger partial charge in [-0.15, -0.1) is 0 Å². The Morgan fingerprint density at radius 3 is 2.52 bits per heavy atom. The number of hydrogen-bond acceptors (Lipinski definition) is 4.